The lowest BCUT2D eigenvalue weighted by atomic mass is 9.92. The number of amides is 1. The summed E-state index contributed by atoms with van der Waals surface area (Å²) in [6.45, 7) is 3.63. The number of carboxylic acids is 1. The van der Waals surface area contributed by atoms with Crippen LogP contribution in [-0.4, -0.2) is 32.3 Å². The van der Waals surface area contributed by atoms with Crippen LogP contribution in [0.25, 0.3) is 0 Å². The molecule has 0 aromatic carbocycles. The van der Waals surface area contributed by atoms with Gasteiger partial charge in [0.2, 0.25) is 0 Å². The maximum absolute atomic E-state index is 12.5. The summed E-state index contributed by atoms with van der Waals surface area (Å²) in [5.74, 6) is -1.08. The van der Waals surface area contributed by atoms with Gasteiger partial charge in [0.05, 0.1) is 23.2 Å². The summed E-state index contributed by atoms with van der Waals surface area (Å²) < 4.78 is 1.67. The Labute approximate surface area is 118 Å². The lowest BCUT2D eigenvalue weighted by molar-refractivity contribution is -0.138. The Balaban J connectivity index is 2.23. The lowest BCUT2D eigenvalue weighted by Crippen LogP contribution is -2.48. The van der Waals surface area contributed by atoms with E-state index in [1.807, 2.05) is 6.92 Å². The standard InChI is InChI=1S/C14H21N3O3/c1-9-12(10(2)17(3)16-9)13(20)15-14(8-11(18)19)6-4-5-7-14/h4-8H2,1-3H3,(H,15,20)(H,18,19). The number of aryl methyl sites for hydroxylation is 2. The molecule has 0 saturated heterocycles. The van der Waals surface area contributed by atoms with Gasteiger partial charge >= 0.3 is 5.97 Å². The molecular weight excluding hydrogens is 258 g/mol. The molecule has 1 heterocycles. The highest BCUT2D eigenvalue weighted by Crippen LogP contribution is 2.33. The van der Waals surface area contributed by atoms with E-state index in [0.29, 0.717) is 11.3 Å². The summed E-state index contributed by atoms with van der Waals surface area (Å²) in [7, 11) is 1.79. The number of aromatic nitrogens is 2. The maximum Gasteiger partial charge on any atom is 0.305 e. The summed E-state index contributed by atoms with van der Waals surface area (Å²) in [6.07, 6.45) is 3.35. The number of nitrogens with zero attached hydrogens (tertiary/aromatic N) is 2. The van der Waals surface area contributed by atoms with Crippen molar-refractivity contribution in [3.05, 3.63) is 17.0 Å². The molecule has 0 aliphatic heterocycles. The van der Waals surface area contributed by atoms with Crippen molar-refractivity contribution in [3.8, 4) is 0 Å². The number of hydrogen-bond donors (Lipinski definition) is 2. The molecule has 6 heteroatoms. The molecule has 1 aliphatic rings. The third kappa shape index (κ3) is 2.69. The topological polar surface area (TPSA) is 84.2 Å². The lowest BCUT2D eigenvalue weighted by Gasteiger charge is -2.28. The quantitative estimate of drug-likeness (QED) is 0.876. The van der Waals surface area contributed by atoms with Gasteiger partial charge < -0.3 is 10.4 Å². The molecule has 2 N–H and O–H groups in total. The van der Waals surface area contributed by atoms with E-state index >= 15 is 0 Å². The van der Waals surface area contributed by atoms with Crippen LogP contribution in [0.15, 0.2) is 0 Å². The summed E-state index contributed by atoms with van der Waals surface area (Å²) >= 11 is 0. The summed E-state index contributed by atoms with van der Waals surface area (Å²) in [5, 5.41) is 16.3. The largest absolute Gasteiger partial charge is 0.481 e. The minimum atomic E-state index is -0.869. The van der Waals surface area contributed by atoms with Gasteiger partial charge in [-0.1, -0.05) is 12.8 Å². The molecule has 1 aromatic rings. The molecule has 0 bridgehead atoms. The fraction of sp³-hybridized carbons (Fsp3) is 0.643. The van der Waals surface area contributed by atoms with Crippen LogP contribution in [0.3, 0.4) is 0 Å². The Hall–Kier alpha value is -1.85. The fourth-order valence-electron chi connectivity index (χ4n) is 3.09. The van der Waals surface area contributed by atoms with E-state index in [1.165, 1.54) is 0 Å². The first-order valence-electron chi connectivity index (χ1n) is 6.89. The number of carbonyl (C=O) groups is 2. The van der Waals surface area contributed by atoms with Crippen LogP contribution < -0.4 is 5.32 Å². The molecule has 1 saturated carbocycles. The Bertz CT molecular complexity index is 542. The van der Waals surface area contributed by atoms with E-state index < -0.39 is 11.5 Å². The highest BCUT2D eigenvalue weighted by molar-refractivity contribution is 5.97. The zero-order valence-corrected chi connectivity index (χ0v) is 12.2. The molecule has 0 unspecified atom stereocenters. The van der Waals surface area contributed by atoms with Gasteiger partial charge in [-0.3, -0.25) is 14.3 Å². The van der Waals surface area contributed by atoms with Crippen molar-refractivity contribution in [2.24, 2.45) is 7.05 Å². The summed E-state index contributed by atoms with van der Waals surface area (Å²) in [6, 6.07) is 0. The average molecular weight is 279 g/mol. The van der Waals surface area contributed by atoms with Gasteiger partial charge in [-0.15, -0.1) is 0 Å². The molecule has 2 rings (SSSR count). The highest BCUT2D eigenvalue weighted by Gasteiger charge is 2.38. The molecule has 0 radical (unpaired) electrons. The monoisotopic (exact) mass is 279 g/mol. The predicted octanol–water partition coefficient (Wildman–Crippen LogP) is 1.55. The van der Waals surface area contributed by atoms with Gasteiger partial charge in [0.1, 0.15) is 0 Å². The van der Waals surface area contributed by atoms with Gasteiger partial charge in [0.25, 0.3) is 5.91 Å². The van der Waals surface area contributed by atoms with Crippen molar-refractivity contribution in [2.75, 3.05) is 0 Å². The molecule has 20 heavy (non-hydrogen) atoms. The second-order valence-electron chi connectivity index (χ2n) is 5.68. The van der Waals surface area contributed by atoms with Crippen molar-refractivity contribution in [2.45, 2.75) is 51.5 Å². The third-order valence-electron chi connectivity index (χ3n) is 4.17. The van der Waals surface area contributed by atoms with E-state index in [2.05, 4.69) is 10.4 Å². The molecule has 0 spiro atoms. The average Bonchev–Trinajstić information content (AvgIpc) is 2.84. The maximum atomic E-state index is 12.5. The smallest absolute Gasteiger partial charge is 0.305 e. The Morgan fingerprint density at radius 1 is 1.35 bits per heavy atom. The number of aliphatic carboxylic acids is 1. The number of carbonyl (C=O) groups excluding carboxylic acids is 1. The van der Waals surface area contributed by atoms with E-state index in [1.54, 1.807) is 18.7 Å². The Morgan fingerprint density at radius 3 is 2.40 bits per heavy atom. The van der Waals surface area contributed by atoms with Crippen LogP contribution in [0.2, 0.25) is 0 Å². The van der Waals surface area contributed by atoms with Crippen molar-refractivity contribution >= 4 is 11.9 Å². The summed E-state index contributed by atoms with van der Waals surface area (Å²) in [5.41, 5.74) is 1.43. The minimum Gasteiger partial charge on any atom is -0.481 e. The van der Waals surface area contributed by atoms with Gasteiger partial charge in [-0.2, -0.15) is 5.10 Å². The molecule has 1 amide bonds. The molecule has 1 aliphatic carbocycles. The molecular formula is C14H21N3O3. The van der Waals surface area contributed by atoms with Crippen LogP contribution in [0.4, 0.5) is 0 Å². The van der Waals surface area contributed by atoms with Gasteiger partial charge in [0.15, 0.2) is 0 Å². The van der Waals surface area contributed by atoms with Crippen LogP contribution >= 0.6 is 0 Å². The van der Waals surface area contributed by atoms with Gasteiger partial charge in [-0.05, 0) is 26.7 Å². The van der Waals surface area contributed by atoms with Crippen LogP contribution in [0.5, 0.6) is 0 Å². The predicted molar refractivity (Wildman–Crippen MR) is 73.6 cm³/mol. The fourth-order valence-corrected chi connectivity index (χ4v) is 3.09. The molecule has 1 fully saturated rings. The zero-order valence-electron chi connectivity index (χ0n) is 12.2. The minimum absolute atomic E-state index is 0.0168. The van der Waals surface area contributed by atoms with E-state index in [4.69, 9.17) is 5.11 Å². The number of carboxylic acid groups (broad SMARTS) is 1. The van der Waals surface area contributed by atoms with Gasteiger partial charge in [0, 0.05) is 12.7 Å². The van der Waals surface area contributed by atoms with E-state index in [-0.39, 0.29) is 12.3 Å². The second kappa shape index (κ2) is 5.26. The highest BCUT2D eigenvalue weighted by atomic mass is 16.4. The molecule has 1 aromatic heterocycles. The van der Waals surface area contributed by atoms with Crippen molar-refractivity contribution < 1.29 is 14.7 Å². The third-order valence-corrected chi connectivity index (χ3v) is 4.17. The van der Waals surface area contributed by atoms with Gasteiger partial charge in [-0.25, -0.2) is 0 Å². The number of rotatable bonds is 4. The molecule has 110 valence electrons. The van der Waals surface area contributed by atoms with Crippen LogP contribution in [-0.2, 0) is 11.8 Å². The first kappa shape index (κ1) is 14.6. The van der Waals surface area contributed by atoms with Crippen LogP contribution in [0.1, 0.15) is 53.8 Å². The Kier molecular flexibility index (Phi) is 3.83. The SMILES string of the molecule is Cc1nn(C)c(C)c1C(=O)NC1(CC(=O)O)CCCC1. The number of nitrogens with one attached hydrogen (secondary N) is 1. The zero-order chi connectivity index (χ0) is 14.9. The number of hydrogen-bond acceptors (Lipinski definition) is 3. The first-order valence-corrected chi connectivity index (χ1v) is 6.89. The van der Waals surface area contributed by atoms with Crippen molar-refractivity contribution in [1.29, 1.82) is 0 Å². The molecule has 0 atom stereocenters. The Morgan fingerprint density at radius 2 is 1.95 bits per heavy atom. The normalized spacial score (nSPS) is 17.1. The van der Waals surface area contributed by atoms with Crippen LogP contribution in [0, 0.1) is 13.8 Å². The second-order valence-corrected chi connectivity index (χ2v) is 5.68. The van der Waals surface area contributed by atoms with E-state index in [0.717, 1.165) is 31.4 Å². The van der Waals surface area contributed by atoms with Crippen molar-refractivity contribution in [3.63, 3.8) is 0 Å². The van der Waals surface area contributed by atoms with E-state index in [9.17, 15) is 9.59 Å². The molecule has 6 nitrogen and oxygen atoms in total. The van der Waals surface area contributed by atoms with Crippen molar-refractivity contribution in [1.82, 2.24) is 15.1 Å². The summed E-state index contributed by atoms with van der Waals surface area (Å²) in [4.78, 5) is 23.5. The first-order chi connectivity index (χ1) is 9.34.